The fraction of sp³-hybridized carbons (Fsp3) is 0.385. The van der Waals surface area contributed by atoms with Crippen LogP contribution in [0.25, 0.3) is 0 Å². The highest BCUT2D eigenvalue weighted by Gasteiger charge is 2.16. The number of anilines is 1. The summed E-state index contributed by atoms with van der Waals surface area (Å²) in [7, 11) is 1.57. The number of carbonyl (C=O) groups is 2. The molecule has 1 aromatic rings. The van der Waals surface area contributed by atoms with Crippen LogP contribution in [0.5, 0.6) is 5.75 Å². The summed E-state index contributed by atoms with van der Waals surface area (Å²) in [6.07, 6.45) is 0. The van der Waals surface area contributed by atoms with E-state index in [-0.39, 0.29) is 12.5 Å². The van der Waals surface area contributed by atoms with Crippen LogP contribution in [-0.2, 0) is 14.3 Å². The van der Waals surface area contributed by atoms with E-state index in [0.29, 0.717) is 18.0 Å². The molecule has 98 valence electrons. The fourth-order valence-electron chi connectivity index (χ4n) is 1.48. The number of rotatable bonds is 5. The number of nitrogens with zero attached hydrogens (tertiary/aromatic N) is 1. The van der Waals surface area contributed by atoms with Gasteiger partial charge in [-0.3, -0.25) is 9.59 Å². The molecule has 1 aromatic carbocycles. The smallest absolute Gasteiger partial charge is 0.326 e. The minimum absolute atomic E-state index is 0.0878. The zero-order valence-electron chi connectivity index (χ0n) is 10.8. The van der Waals surface area contributed by atoms with Crippen LogP contribution < -0.4 is 9.64 Å². The molecule has 0 heterocycles. The van der Waals surface area contributed by atoms with Crippen molar-refractivity contribution in [1.82, 2.24) is 0 Å². The van der Waals surface area contributed by atoms with Gasteiger partial charge in [0.05, 0.1) is 13.7 Å². The third kappa shape index (κ3) is 3.76. The number of benzene rings is 1. The average molecular weight is 251 g/mol. The van der Waals surface area contributed by atoms with E-state index in [1.54, 1.807) is 38.3 Å². The molecule has 0 radical (unpaired) electrons. The van der Waals surface area contributed by atoms with Crippen LogP contribution >= 0.6 is 0 Å². The average Bonchev–Trinajstić information content (AvgIpc) is 2.36. The molecule has 0 fully saturated rings. The molecule has 0 aliphatic heterocycles. The molecule has 0 bridgehead atoms. The highest BCUT2D eigenvalue weighted by molar-refractivity contribution is 5.96. The maximum atomic E-state index is 11.5. The molecular weight excluding hydrogens is 234 g/mol. The monoisotopic (exact) mass is 251 g/mol. The van der Waals surface area contributed by atoms with E-state index in [4.69, 9.17) is 9.47 Å². The van der Waals surface area contributed by atoms with Gasteiger partial charge in [-0.25, -0.2) is 0 Å². The van der Waals surface area contributed by atoms with Crippen molar-refractivity contribution in [3.63, 3.8) is 0 Å². The van der Waals surface area contributed by atoms with Gasteiger partial charge in [-0.05, 0) is 31.2 Å². The summed E-state index contributed by atoms with van der Waals surface area (Å²) in [4.78, 5) is 24.3. The summed E-state index contributed by atoms with van der Waals surface area (Å²) < 4.78 is 9.87. The first-order chi connectivity index (χ1) is 8.58. The number of carbonyl (C=O) groups excluding carboxylic acids is 2. The van der Waals surface area contributed by atoms with Gasteiger partial charge in [0, 0.05) is 12.6 Å². The molecule has 0 aliphatic rings. The topological polar surface area (TPSA) is 55.8 Å². The van der Waals surface area contributed by atoms with Crippen LogP contribution in [0.3, 0.4) is 0 Å². The first-order valence-electron chi connectivity index (χ1n) is 5.66. The van der Waals surface area contributed by atoms with Crippen molar-refractivity contribution in [2.75, 3.05) is 25.2 Å². The third-order valence-corrected chi connectivity index (χ3v) is 2.36. The van der Waals surface area contributed by atoms with Crippen LogP contribution in [0, 0.1) is 0 Å². The molecule has 0 aliphatic carbocycles. The molecule has 1 rings (SSSR count). The van der Waals surface area contributed by atoms with Crippen LogP contribution in [0.4, 0.5) is 5.69 Å². The molecular formula is C13H17NO4. The minimum Gasteiger partial charge on any atom is -0.497 e. The lowest BCUT2D eigenvalue weighted by Crippen LogP contribution is -2.34. The molecule has 0 saturated heterocycles. The van der Waals surface area contributed by atoms with Crippen molar-refractivity contribution in [2.24, 2.45) is 0 Å². The normalized spacial score (nSPS) is 9.72. The van der Waals surface area contributed by atoms with Crippen molar-refractivity contribution in [2.45, 2.75) is 13.8 Å². The highest BCUT2D eigenvalue weighted by Crippen LogP contribution is 2.19. The molecule has 0 N–H and O–H groups in total. The van der Waals surface area contributed by atoms with Crippen LogP contribution in [-0.4, -0.2) is 32.1 Å². The highest BCUT2D eigenvalue weighted by atomic mass is 16.5. The number of amides is 1. The fourth-order valence-corrected chi connectivity index (χ4v) is 1.48. The Balaban J connectivity index is 2.83. The molecule has 0 unspecified atom stereocenters. The second kappa shape index (κ2) is 6.64. The molecule has 0 spiro atoms. The number of methoxy groups -OCH3 is 1. The summed E-state index contributed by atoms with van der Waals surface area (Å²) in [5, 5.41) is 0. The van der Waals surface area contributed by atoms with E-state index >= 15 is 0 Å². The van der Waals surface area contributed by atoms with E-state index in [1.165, 1.54) is 11.8 Å². The van der Waals surface area contributed by atoms with Gasteiger partial charge in [-0.15, -0.1) is 0 Å². The Bertz CT molecular complexity index is 414. The number of hydrogen-bond donors (Lipinski definition) is 0. The number of hydrogen-bond acceptors (Lipinski definition) is 4. The van der Waals surface area contributed by atoms with E-state index in [9.17, 15) is 9.59 Å². The van der Waals surface area contributed by atoms with Crippen molar-refractivity contribution >= 4 is 17.6 Å². The maximum absolute atomic E-state index is 11.5. The van der Waals surface area contributed by atoms with E-state index in [1.807, 2.05) is 0 Å². The predicted molar refractivity (Wildman–Crippen MR) is 67.7 cm³/mol. The molecule has 0 atom stereocenters. The van der Waals surface area contributed by atoms with Gasteiger partial charge in [0.1, 0.15) is 12.3 Å². The van der Waals surface area contributed by atoms with Gasteiger partial charge >= 0.3 is 5.97 Å². The van der Waals surface area contributed by atoms with Gasteiger partial charge in [-0.2, -0.15) is 0 Å². The van der Waals surface area contributed by atoms with E-state index in [0.717, 1.165) is 0 Å². The van der Waals surface area contributed by atoms with Gasteiger partial charge in [0.2, 0.25) is 5.91 Å². The largest absolute Gasteiger partial charge is 0.497 e. The van der Waals surface area contributed by atoms with Gasteiger partial charge < -0.3 is 14.4 Å². The van der Waals surface area contributed by atoms with Crippen LogP contribution in [0.15, 0.2) is 24.3 Å². The summed E-state index contributed by atoms with van der Waals surface area (Å²) in [5.74, 6) is 0.0510. The Morgan fingerprint density at radius 2 is 1.83 bits per heavy atom. The quantitative estimate of drug-likeness (QED) is 0.746. The van der Waals surface area contributed by atoms with Gasteiger partial charge in [0.15, 0.2) is 0 Å². The SMILES string of the molecule is CCOC(=O)CN(C(C)=O)c1ccc(OC)cc1. The van der Waals surface area contributed by atoms with Crippen molar-refractivity contribution in [1.29, 1.82) is 0 Å². The lowest BCUT2D eigenvalue weighted by molar-refractivity contribution is -0.142. The molecule has 0 saturated carbocycles. The first-order valence-corrected chi connectivity index (χ1v) is 5.66. The Labute approximate surface area is 106 Å². The lowest BCUT2D eigenvalue weighted by Gasteiger charge is -2.20. The standard InChI is InChI=1S/C13H17NO4/c1-4-18-13(16)9-14(10(2)15)11-5-7-12(17-3)8-6-11/h5-8H,4,9H2,1-3H3. The minimum atomic E-state index is -0.427. The third-order valence-electron chi connectivity index (χ3n) is 2.36. The summed E-state index contributed by atoms with van der Waals surface area (Å²) in [5.41, 5.74) is 0.636. The van der Waals surface area contributed by atoms with Crippen molar-refractivity contribution in [3.8, 4) is 5.75 Å². The van der Waals surface area contributed by atoms with E-state index in [2.05, 4.69) is 0 Å². The van der Waals surface area contributed by atoms with Crippen molar-refractivity contribution < 1.29 is 19.1 Å². The van der Waals surface area contributed by atoms with Gasteiger partial charge in [-0.1, -0.05) is 0 Å². The molecule has 5 nitrogen and oxygen atoms in total. The molecule has 5 heteroatoms. The molecule has 18 heavy (non-hydrogen) atoms. The zero-order chi connectivity index (χ0) is 13.5. The predicted octanol–water partition coefficient (Wildman–Crippen LogP) is 1.61. The second-order valence-corrected chi connectivity index (χ2v) is 3.61. The zero-order valence-corrected chi connectivity index (χ0v) is 10.8. The number of ether oxygens (including phenoxy) is 2. The summed E-state index contributed by atoms with van der Waals surface area (Å²) in [6, 6.07) is 6.91. The first kappa shape index (κ1) is 14.0. The Morgan fingerprint density at radius 3 is 2.28 bits per heavy atom. The Kier molecular flexibility index (Phi) is 5.17. The molecule has 0 aromatic heterocycles. The van der Waals surface area contributed by atoms with Gasteiger partial charge in [0.25, 0.3) is 0 Å². The van der Waals surface area contributed by atoms with E-state index < -0.39 is 5.97 Å². The van der Waals surface area contributed by atoms with Crippen LogP contribution in [0.1, 0.15) is 13.8 Å². The van der Waals surface area contributed by atoms with Crippen LogP contribution in [0.2, 0.25) is 0 Å². The second-order valence-electron chi connectivity index (χ2n) is 3.61. The molecule has 1 amide bonds. The summed E-state index contributed by atoms with van der Waals surface area (Å²) >= 11 is 0. The Hall–Kier alpha value is -2.04. The number of esters is 1. The van der Waals surface area contributed by atoms with Crippen molar-refractivity contribution in [3.05, 3.63) is 24.3 Å². The lowest BCUT2D eigenvalue weighted by atomic mass is 10.2. The summed E-state index contributed by atoms with van der Waals surface area (Å²) in [6.45, 7) is 3.34. The maximum Gasteiger partial charge on any atom is 0.326 e. The Morgan fingerprint density at radius 1 is 1.22 bits per heavy atom.